The highest BCUT2D eigenvalue weighted by atomic mass is 32.2. The van der Waals surface area contributed by atoms with Crippen LogP contribution in [0.3, 0.4) is 0 Å². The van der Waals surface area contributed by atoms with Gasteiger partial charge in [-0.05, 0) is 0 Å². The number of ether oxygens (including phenoxy) is 2. The average molecular weight is 470 g/mol. The Morgan fingerprint density at radius 1 is 1.42 bits per heavy atom. The van der Waals surface area contributed by atoms with E-state index in [1.54, 1.807) is 5.38 Å². The number of hydrogen-bond acceptors (Lipinski definition) is 11. The molecule has 2 atom stereocenters. The minimum atomic E-state index is -1.82. The predicted molar refractivity (Wildman–Crippen MR) is 108 cm³/mol. The van der Waals surface area contributed by atoms with Gasteiger partial charge in [0.25, 0.3) is 17.5 Å². The number of carboxylic acids is 1. The van der Waals surface area contributed by atoms with Crippen LogP contribution in [0.25, 0.3) is 0 Å². The molecule has 0 unspecified atom stereocenters. The first-order chi connectivity index (χ1) is 14.8. The van der Waals surface area contributed by atoms with E-state index in [-0.39, 0.29) is 35.0 Å². The quantitative estimate of drug-likeness (QED) is 0.171. The summed E-state index contributed by atoms with van der Waals surface area (Å²) in [5.74, 6) is -3.36. The summed E-state index contributed by atoms with van der Waals surface area (Å²) in [5.41, 5.74) is -0.288. The number of carbonyl (C=O) groups is 4. The fourth-order valence-corrected chi connectivity index (χ4v) is 5.05. The number of fused-ring (bicyclic) bond motifs is 1. The maximum Gasteiger partial charge on any atom is 0.352 e. The van der Waals surface area contributed by atoms with E-state index in [1.165, 1.54) is 38.0 Å². The standard InChI is InChI=1S/C17H18N4O8S2/c1-8(22)29-4-9-5-31-16-17(27-2,15(26)21(16)12(9)14(24)25)19-13(23)11(20-28-3)10-6-30-7-18-10/h6-7,16H,4-5H2,1-3H3,(H,19,23)(H,24,25)/t16-,17+/m1/s1. The van der Waals surface area contributed by atoms with Gasteiger partial charge >= 0.3 is 11.9 Å². The molecule has 3 rings (SSSR count). The number of oxime groups is 1. The molecule has 0 saturated carbocycles. The summed E-state index contributed by atoms with van der Waals surface area (Å²) >= 11 is 2.40. The molecule has 1 saturated heterocycles. The first-order valence-electron chi connectivity index (χ1n) is 8.68. The maximum atomic E-state index is 13.0. The van der Waals surface area contributed by atoms with Crippen LogP contribution in [-0.2, 0) is 33.5 Å². The van der Waals surface area contributed by atoms with Crippen molar-refractivity contribution in [3.05, 3.63) is 27.9 Å². The second kappa shape index (κ2) is 9.03. The predicted octanol–water partition coefficient (Wildman–Crippen LogP) is -0.231. The maximum absolute atomic E-state index is 13.0. The summed E-state index contributed by atoms with van der Waals surface area (Å²) in [4.78, 5) is 58.6. The second-order valence-corrected chi connectivity index (χ2v) is 8.05. The first-order valence-corrected chi connectivity index (χ1v) is 10.7. The Morgan fingerprint density at radius 2 is 2.16 bits per heavy atom. The molecule has 12 nitrogen and oxygen atoms in total. The Balaban J connectivity index is 1.89. The van der Waals surface area contributed by atoms with Crippen LogP contribution in [0.5, 0.6) is 0 Å². The fourth-order valence-electron chi connectivity index (χ4n) is 3.10. The van der Waals surface area contributed by atoms with E-state index >= 15 is 0 Å². The molecule has 2 amide bonds. The van der Waals surface area contributed by atoms with Crippen molar-refractivity contribution in [1.29, 1.82) is 0 Å². The minimum Gasteiger partial charge on any atom is -0.477 e. The highest BCUT2D eigenvalue weighted by molar-refractivity contribution is 8.00. The van der Waals surface area contributed by atoms with Crippen LogP contribution in [0.15, 0.2) is 27.3 Å². The zero-order valence-electron chi connectivity index (χ0n) is 16.6. The van der Waals surface area contributed by atoms with E-state index in [9.17, 15) is 24.3 Å². The molecule has 0 aliphatic carbocycles. The Bertz CT molecular complexity index is 977. The van der Waals surface area contributed by atoms with Gasteiger partial charge in [-0.15, -0.1) is 23.1 Å². The van der Waals surface area contributed by atoms with Gasteiger partial charge in [0.2, 0.25) is 0 Å². The van der Waals surface area contributed by atoms with E-state index in [0.29, 0.717) is 0 Å². The topological polar surface area (TPSA) is 157 Å². The van der Waals surface area contributed by atoms with Gasteiger partial charge in [0.05, 0.1) is 5.51 Å². The first kappa shape index (κ1) is 22.7. The average Bonchev–Trinajstić information content (AvgIpc) is 3.27. The van der Waals surface area contributed by atoms with Crippen molar-refractivity contribution >= 4 is 52.6 Å². The highest BCUT2D eigenvalue weighted by Crippen LogP contribution is 2.46. The molecule has 2 aliphatic rings. The number of methoxy groups -OCH3 is 1. The lowest BCUT2D eigenvalue weighted by Gasteiger charge is -2.55. The molecule has 1 aromatic heterocycles. The lowest BCUT2D eigenvalue weighted by molar-refractivity contribution is -0.191. The van der Waals surface area contributed by atoms with E-state index in [4.69, 9.17) is 14.3 Å². The number of rotatable bonds is 8. The van der Waals surface area contributed by atoms with Crippen molar-refractivity contribution in [3.8, 4) is 0 Å². The summed E-state index contributed by atoms with van der Waals surface area (Å²) in [6.45, 7) is 0.933. The van der Waals surface area contributed by atoms with Gasteiger partial charge < -0.3 is 24.7 Å². The van der Waals surface area contributed by atoms with Crippen molar-refractivity contribution < 1.29 is 38.6 Å². The van der Waals surface area contributed by atoms with Crippen molar-refractivity contribution in [2.45, 2.75) is 18.0 Å². The number of β-lactam (4-membered cyclic amide) rings is 1. The molecule has 3 heterocycles. The van der Waals surface area contributed by atoms with Crippen LogP contribution in [0.2, 0.25) is 0 Å². The number of amides is 2. The molecule has 1 fully saturated rings. The SMILES string of the molecule is CON=C(C(=O)N[C@]1(OC)C(=O)N2C(C(=O)O)=C(COC(C)=O)CS[C@@H]21)c1cscn1. The number of esters is 1. The van der Waals surface area contributed by atoms with Crippen molar-refractivity contribution in [2.75, 3.05) is 26.6 Å². The summed E-state index contributed by atoms with van der Waals surface area (Å²) in [6.07, 6.45) is 0. The Morgan fingerprint density at radius 3 is 2.71 bits per heavy atom. The third-order valence-electron chi connectivity index (χ3n) is 4.46. The molecule has 0 spiro atoms. The van der Waals surface area contributed by atoms with Gasteiger partial charge in [0, 0.05) is 30.7 Å². The van der Waals surface area contributed by atoms with Crippen molar-refractivity contribution in [2.24, 2.45) is 5.16 Å². The van der Waals surface area contributed by atoms with Gasteiger partial charge in [0.15, 0.2) is 5.71 Å². The number of aromatic nitrogens is 1. The molecule has 2 N–H and O–H groups in total. The Hall–Kier alpha value is -2.97. The summed E-state index contributed by atoms with van der Waals surface area (Å²) in [5, 5.41) is 16.5. The minimum absolute atomic E-state index is 0.148. The number of aliphatic carboxylic acids is 1. The number of thioether (sulfide) groups is 1. The van der Waals surface area contributed by atoms with Crippen LogP contribution < -0.4 is 5.32 Å². The van der Waals surface area contributed by atoms with E-state index < -0.39 is 34.9 Å². The summed E-state index contributed by atoms with van der Waals surface area (Å²) < 4.78 is 10.3. The van der Waals surface area contributed by atoms with Crippen LogP contribution in [-0.4, -0.2) is 82.1 Å². The third kappa shape index (κ3) is 4.00. The molecule has 0 radical (unpaired) electrons. The molecule has 14 heteroatoms. The van der Waals surface area contributed by atoms with Gasteiger partial charge in [-0.25, -0.2) is 9.78 Å². The van der Waals surface area contributed by atoms with Gasteiger partial charge in [-0.1, -0.05) is 5.16 Å². The van der Waals surface area contributed by atoms with Crippen LogP contribution in [0.4, 0.5) is 0 Å². The fraction of sp³-hybridized carbons (Fsp3) is 0.412. The van der Waals surface area contributed by atoms with Gasteiger partial charge in [0.1, 0.15) is 30.5 Å². The lowest BCUT2D eigenvalue weighted by Crippen LogP contribution is -2.81. The monoisotopic (exact) mass is 470 g/mol. The Labute approximate surface area is 184 Å². The number of hydrogen-bond donors (Lipinski definition) is 2. The smallest absolute Gasteiger partial charge is 0.352 e. The zero-order chi connectivity index (χ0) is 22.8. The molecule has 0 bridgehead atoms. The van der Waals surface area contributed by atoms with Crippen molar-refractivity contribution in [3.63, 3.8) is 0 Å². The molecule has 0 aromatic carbocycles. The van der Waals surface area contributed by atoms with Gasteiger partial charge in [-0.2, -0.15) is 0 Å². The molecule has 1 aromatic rings. The highest BCUT2D eigenvalue weighted by Gasteiger charge is 2.67. The van der Waals surface area contributed by atoms with E-state index in [2.05, 4.69) is 15.5 Å². The molecular weight excluding hydrogens is 452 g/mol. The van der Waals surface area contributed by atoms with Gasteiger partial charge in [-0.3, -0.25) is 19.3 Å². The molecule has 31 heavy (non-hydrogen) atoms. The molecule has 166 valence electrons. The number of carbonyl (C=O) groups excluding carboxylic acids is 3. The summed E-state index contributed by atoms with van der Waals surface area (Å²) in [7, 11) is 2.48. The summed E-state index contributed by atoms with van der Waals surface area (Å²) in [6, 6.07) is 0. The van der Waals surface area contributed by atoms with Crippen LogP contribution >= 0.6 is 23.1 Å². The normalized spacial score (nSPS) is 23.1. The van der Waals surface area contributed by atoms with Crippen LogP contribution in [0, 0.1) is 0 Å². The molecule has 2 aliphatic heterocycles. The number of thiazole rings is 1. The van der Waals surface area contributed by atoms with E-state index in [0.717, 1.165) is 16.7 Å². The Kier molecular flexibility index (Phi) is 6.62. The number of nitrogens with one attached hydrogen (secondary N) is 1. The number of nitrogens with zero attached hydrogens (tertiary/aromatic N) is 3. The zero-order valence-corrected chi connectivity index (χ0v) is 18.2. The van der Waals surface area contributed by atoms with Crippen LogP contribution in [0.1, 0.15) is 12.6 Å². The lowest BCUT2D eigenvalue weighted by atomic mass is 9.97. The third-order valence-corrected chi connectivity index (χ3v) is 6.42. The number of carboxylic acid groups (broad SMARTS) is 1. The van der Waals surface area contributed by atoms with E-state index in [1.807, 2.05) is 0 Å². The van der Waals surface area contributed by atoms with Crippen molar-refractivity contribution in [1.82, 2.24) is 15.2 Å². The largest absolute Gasteiger partial charge is 0.477 e. The molecular formula is C17H18N4O8S2. The second-order valence-electron chi connectivity index (χ2n) is 6.27.